The number of nitrogens with one attached hydrogen (secondary N) is 2. The number of benzene rings is 2. The number of hydrogen-bond acceptors (Lipinski definition) is 3. The number of hydrogen-bond donors (Lipinski definition) is 2. The van der Waals surface area contributed by atoms with Crippen molar-refractivity contribution in [1.82, 2.24) is 9.78 Å². The van der Waals surface area contributed by atoms with Crippen LogP contribution in [0.1, 0.15) is 16.7 Å². The van der Waals surface area contributed by atoms with Crippen molar-refractivity contribution in [2.75, 3.05) is 10.6 Å². The predicted molar refractivity (Wildman–Crippen MR) is 110 cm³/mol. The maximum absolute atomic E-state index is 12.6. The summed E-state index contributed by atoms with van der Waals surface area (Å²) in [5.41, 5.74) is 4.27. The van der Waals surface area contributed by atoms with Gasteiger partial charge in [0.05, 0.1) is 24.1 Å². The van der Waals surface area contributed by atoms with E-state index in [0.717, 1.165) is 11.1 Å². The van der Waals surface area contributed by atoms with Crippen molar-refractivity contribution in [2.24, 2.45) is 0 Å². The molecule has 0 radical (unpaired) electrons. The number of ether oxygens (including phenoxy) is 1. The van der Waals surface area contributed by atoms with Crippen LogP contribution < -0.4 is 15.4 Å². The second-order valence-electron chi connectivity index (χ2n) is 6.37. The molecule has 0 aliphatic rings. The monoisotopic (exact) mass is 402 g/mol. The summed E-state index contributed by atoms with van der Waals surface area (Å²) in [7, 11) is 0. The zero-order valence-corrected chi connectivity index (χ0v) is 16.3. The Hall–Kier alpha value is -3.00. The van der Waals surface area contributed by atoms with E-state index in [0.29, 0.717) is 17.9 Å². The quantitative estimate of drug-likeness (QED) is 0.571. The molecule has 0 bridgehead atoms. The maximum Gasteiger partial charge on any atom is 0.387 e. The van der Waals surface area contributed by atoms with E-state index < -0.39 is 6.61 Å². The van der Waals surface area contributed by atoms with E-state index in [4.69, 9.17) is 12.2 Å². The minimum atomic E-state index is -2.91. The van der Waals surface area contributed by atoms with Gasteiger partial charge in [0.25, 0.3) is 0 Å². The molecule has 5 nitrogen and oxygen atoms in total. The molecule has 0 unspecified atom stereocenters. The third kappa shape index (κ3) is 5.50. The lowest BCUT2D eigenvalue weighted by atomic mass is 10.1. The van der Waals surface area contributed by atoms with Crippen LogP contribution in [0.2, 0.25) is 0 Å². The van der Waals surface area contributed by atoms with E-state index in [1.54, 1.807) is 23.0 Å². The van der Waals surface area contributed by atoms with Gasteiger partial charge >= 0.3 is 6.61 Å². The zero-order valence-electron chi connectivity index (χ0n) is 15.4. The fourth-order valence-electron chi connectivity index (χ4n) is 2.74. The molecule has 2 aromatic carbocycles. The lowest BCUT2D eigenvalue weighted by Gasteiger charge is -2.14. The summed E-state index contributed by atoms with van der Waals surface area (Å²) < 4.78 is 31.5. The Morgan fingerprint density at radius 3 is 2.68 bits per heavy atom. The van der Waals surface area contributed by atoms with Crippen LogP contribution in [0.4, 0.5) is 20.2 Å². The number of alkyl halides is 2. The third-order valence-electron chi connectivity index (χ3n) is 3.92. The Balaban J connectivity index is 1.64. The van der Waals surface area contributed by atoms with E-state index >= 15 is 0 Å². The van der Waals surface area contributed by atoms with E-state index in [1.165, 1.54) is 11.6 Å². The molecule has 146 valence electrons. The molecule has 0 aliphatic carbocycles. The van der Waals surface area contributed by atoms with Gasteiger partial charge in [-0.3, -0.25) is 4.68 Å². The average molecular weight is 402 g/mol. The second kappa shape index (κ2) is 8.79. The molecule has 2 N–H and O–H groups in total. The molecule has 0 aliphatic heterocycles. The van der Waals surface area contributed by atoms with Gasteiger partial charge in [0, 0.05) is 6.20 Å². The Morgan fingerprint density at radius 1 is 1.14 bits per heavy atom. The fraction of sp³-hybridized carbons (Fsp3) is 0.200. The number of thiocarbonyl (C=S) groups is 1. The number of aryl methyl sites for hydroxylation is 2. The Kier molecular flexibility index (Phi) is 6.20. The number of anilines is 2. The van der Waals surface area contributed by atoms with Crippen LogP contribution in [0.25, 0.3) is 0 Å². The summed E-state index contributed by atoms with van der Waals surface area (Å²) in [6.07, 6.45) is 3.47. The van der Waals surface area contributed by atoms with Gasteiger partial charge < -0.3 is 15.4 Å². The minimum absolute atomic E-state index is 0.0277. The van der Waals surface area contributed by atoms with Crippen LogP contribution in [0.15, 0.2) is 54.9 Å². The van der Waals surface area contributed by atoms with Gasteiger partial charge in [0.1, 0.15) is 5.75 Å². The van der Waals surface area contributed by atoms with Gasteiger partial charge in [0.2, 0.25) is 0 Å². The molecule has 8 heteroatoms. The Bertz CT molecular complexity index is 974. The normalized spacial score (nSPS) is 10.8. The highest BCUT2D eigenvalue weighted by Gasteiger charge is 2.11. The summed E-state index contributed by atoms with van der Waals surface area (Å²) in [6, 6.07) is 13.0. The molecule has 1 aromatic heterocycles. The molecule has 0 fully saturated rings. The van der Waals surface area contributed by atoms with E-state index in [1.807, 2.05) is 38.2 Å². The van der Waals surface area contributed by atoms with Crippen LogP contribution in [-0.2, 0) is 6.54 Å². The summed E-state index contributed by atoms with van der Waals surface area (Å²) in [6.45, 7) is 1.61. The number of nitrogens with zero attached hydrogens (tertiary/aromatic N) is 2. The molecule has 1 heterocycles. The van der Waals surface area contributed by atoms with E-state index in [-0.39, 0.29) is 10.9 Å². The van der Waals surface area contributed by atoms with Crippen LogP contribution in [-0.4, -0.2) is 21.5 Å². The molecular formula is C20H20F2N4OS. The minimum Gasteiger partial charge on any atom is -0.433 e. The van der Waals surface area contributed by atoms with E-state index in [9.17, 15) is 8.78 Å². The van der Waals surface area contributed by atoms with Gasteiger partial charge in [-0.25, -0.2) is 0 Å². The lowest BCUT2D eigenvalue weighted by Crippen LogP contribution is -2.19. The molecule has 0 saturated heterocycles. The average Bonchev–Trinajstić information content (AvgIpc) is 3.03. The van der Waals surface area contributed by atoms with Crippen molar-refractivity contribution in [1.29, 1.82) is 0 Å². The second-order valence-corrected chi connectivity index (χ2v) is 6.78. The van der Waals surface area contributed by atoms with Crippen molar-refractivity contribution in [3.05, 3.63) is 71.5 Å². The number of halogens is 2. The standard InChI is InChI=1S/C20H20F2N4OS/c1-13-4-3-5-15(8-13)11-26-12-16(10-23-26)24-20(28)25-17-9-14(2)6-7-18(17)27-19(21)22/h3-10,12,19H,11H2,1-2H3,(H2,24,25,28). The highest BCUT2D eigenvalue weighted by Crippen LogP contribution is 2.27. The first kappa shape index (κ1) is 19.8. The van der Waals surface area contributed by atoms with Crippen LogP contribution in [0.3, 0.4) is 0 Å². The summed E-state index contributed by atoms with van der Waals surface area (Å²) >= 11 is 5.29. The fourth-order valence-corrected chi connectivity index (χ4v) is 2.96. The molecule has 28 heavy (non-hydrogen) atoms. The van der Waals surface area contributed by atoms with Crippen LogP contribution in [0.5, 0.6) is 5.75 Å². The number of aromatic nitrogens is 2. The Labute approximate surface area is 167 Å². The van der Waals surface area contributed by atoms with E-state index in [2.05, 4.69) is 26.5 Å². The molecule has 0 amide bonds. The molecule has 0 spiro atoms. The smallest absolute Gasteiger partial charge is 0.387 e. The summed E-state index contributed by atoms with van der Waals surface area (Å²) in [4.78, 5) is 0. The third-order valence-corrected chi connectivity index (χ3v) is 4.12. The maximum atomic E-state index is 12.6. The van der Waals surface area contributed by atoms with Gasteiger partial charge in [-0.15, -0.1) is 0 Å². The van der Waals surface area contributed by atoms with Crippen molar-refractivity contribution >= 4 is 28.7 Å². The molecule has 0 atom stereocenters. The van der Waals surface area contributed by atoms with Gasteiger partial charge in [0.15, 0.2) is 5.11 Å². The van der Waals surface area contributed by atoms with Crippen molar-refractivity contribution in [3.8, 4) is 5.75 Å². The summed E-state index contributed by atoms with van der Waals surface area (Å²) in [5.74, 6) is 0.0277. The van der Waals surface area contributed by atoms with Gasteiger partial charge in [-0.1, -0.05) is 35.9 Å². The first-order valence-electron chi connectivity index (χ1n) is 8.60. The molecular weight excluding hydrogens is 382 g/mol. The van der Waals surface area contributed by atoms with Crippen molar-refractivity contribution in [2.45, 2.75) is 27.0 Å². The van der Waals surface area contributed by atoms with Crippen molar-refractivity contribution in [3.63, 3.8) is 0 Å². The molecule has 3 aromatic rings. The Morgan fingerprint density at radius 2 is 1.93 bits per heavy atom. The van der Waals surface area contributed by atoms with Crippen LogP contribution >= 0.6 is 12.2 Å². The van der Waals surface area contributed by atoms with Gasteiger partial charge in [-0.05, 0) is 49.3 Å². The SMILES string of the molecule is Cc1cccc(Cn2cc(NC(=S)Nc3cc(C)ccc3OC(F)F)cn2)c1. The first-order chi connectivity index (χ1) is 13.4. The topological polar surface area (TPSA) is 51.1 Å². The zero-order chi connectivity index (χ0) is 20.1. The molecule has 3 rings (SSSR count). The molecule has 0 saturated carbocycles. The predicted octanol–water partition coefficient (Wildman–Crippen LogP) is 4.96. The summed E-state index contributed by atoms with van der Waals surface area (Å²) in [5, 5.41) is 10.5. The first-order valence-corrected chi connectivity index (χ1v) is 9.01. The largest absolute Gasteiger partial charge is 0.433 e. The van der Waals surface area contributed by atoms with Crippen molar-refractivity contribution < 1.29 is 13.5 Å². The lowest BCUT2D eigenvalue weighted by molar-refractivity contribution is -0.0493. The number of rotatable bonds is 6. The van der Waals surface area contributed by atoms with Gasteiger partial charge in [-0.2, -0.15) is 13.9 Å². The highest BCUT2D eigenvalue weighted by molar-refractivity contribution is 7.80. The highest BCUT2D eigenvalue weighted by atomic mass is 32.1. The van der Waals surface area contributed by atoms with Crippen LogP contribution in [0, 0.1) is 13.8 Å².